The van der Waals surface area contributed by atoms with Gasteiger partial charge in [-0.1, -0.05) is 12.1 Å². The molecule has 0 unspecified atom stereocenters. The molecule has 0 saturated carbocycles. The first-order valence-corrected chi connectivity index (χ1v) is 10.5. The van der Waals surface area contributed by atoms with Gasteiger partial charge in [0.2, 0.25) is 0 Å². The van der Waals surface area contributed by atoms with Gasteiger partial charge in [-0.15, -0.1) is 0 Å². The average molecular weight is 346 g/mol. The van der Waals surface area contributed by atoms with Crippen LogP contribution in [0.5, 0.6) is 0 Å². The number of aromatic nitrogens is 1. The summed E-state index contributed by atoms with van der Waals surface area (Å²) < 4.78 is 23.1. The second-order valence-electron chi connectivity index (χ2n) is 7.00. The molecule has 1 aromatic heterocycles. The van der Waals surface area contributed by atoms with Gasteiger partial charge in [-0.25, -0.2) is 8.42 Å². The van der Waals surface area contributed by atoms with E-state index in [1.807, 2.05) is 12.1 Å². The molecular formula is C18H22N2O3S. The standard InChI is InChI=1S/C18H22N2O3S/c21-18(19-10-12-8-9-24(22,23)11-12)15-6-3-5-14-13-4-1-2-7-16(13)20-17(14)15/h3,5-6,12,20H,1-2,4,7-11H2,(H,19,21)/t12-/m1/s1. The Balaban J connectivity index is 1.55. The van der Waals surface area contributed by atoms with Crippen LogP contribution in [0.1, 0.15) is 40.9 Å². The Kier molecular flexibility index (Phi) is 3.87. The van der Waals surface area contributed by atoms with Crippen molar-refractivity contribution in [2.75, 3.05) is 18.1 Å². The number of aromatic amines is 1. The Morgan fingerprint density at radius 2 is 2.08 bits per heavy atom. The van der Waals surface area contributed by atoms with Crippen LogP contribution < -0.4 is 5.32 Å². The highest BCUT2D eigenvalue weighted by Gasteiger charge is 2.28. The minimum absolute atomic E-state index is 0.0370. The summed E-state index contributed by atoms with van der Waals surface area (Å²) in [5.41, 5.74) is 4.19. The van der Waals surface area contributed by atoms with Crippen molar-refractivity contribution in [1.29, 1.82) is 0 Å². The molecule has 2 heterocycles. The second kappa shape index (κ2) is 5.92. The number of rotatable bonds is 3. The van der Waals surface area contributed by atoms with Gasteiger partial charge < -0.3 is 10.3 Å². The number of carbonyl (C=O) groups excluding carboxylic acids is 1. The van der Waals surface area contributed by atoms with Crippen molar-refractivity contribution >= 4 is 26.6 Å². The summed E-state index contributed by atoms with van der Waals surface area (Å²) in [5.74, 6) is 0.347. The average Bonchev–Trinajstić information content (AvgIpc) is 3.12. The molecular weight excluding hydrogens is 324 g/mol. The monoisotopic (exact) mass is 346 g/mol. The lowest BCUT2D eigenvalue weighted by molar-refractivity contribution is 0.0950. The first-order chi connectivity index (χ1) is 11.5. The maximum absolute atomic E-state index is 12.6. The summed E-state index contributed by atoms with van der Waals surface area (Å²) in [6.07, 6.45) is 5.15. The van der Waals surface area contributed by atoms with Crippen molar-refractivity contribution < 1.29 is 13.2 Å². The number of H-pyrrole nitrogens is 1. The molecule has 1 fully saturated rings. The molecule has 24 heavy (non-hydrogen) atoms. The Morgan fingerprint density at radius 3 is 2.88 bits per heavy atom. The highest BCUT2D eigenvalue weighted by atomic mass is 32.2. The normalized spacial score (nSPS) is 22.4. The lowest BCUT2D eigenvalue weighted by atomic mass is 9.95. The van der Waals surface area contributed by atoms with Gasteiger partial charge in [-0.2, -0.15) is 0 Å². The number of hydrogen-bond acceptors (Lipinski definition) is 3. The Bertz CT molecular complexity index is 898. The molecule has 0 radical (unpaired) electrons. The van der Waals surface area contributed by atoms with Crippen LogP contribution in [0.2, 0.25) is 0 Å². The second-order valence-corrected chi connectivity index (χ2v) is 9.23. The number of benzene rings is 1. The van der Waals surface area contributed by atoms with Crippen LogP contribution in [-0.2, 0) is 22.7 Å². The van der Waals surface area contributed by atoms with E-state index in [2.05, 4.69) is 16.4 Å². The summed E-state index contributed by atoms with van der Waals surface area (Å²) in [7, 11) is -2.90. The lowest BCUT2D eigenvalue weighted by Gasteiger charge is -2.10. The van der Waals surface area contributed by atoms with Crippen molar-refractivity contribution in [3.8, 4) is 0 Å². The number of para-hydroxylation sites is 1. The van der Waals surface area contributed by atoms with Crippen LogP contribution in [0.4, 0.5) is 0 Å². The van der Waals surface area contributed by atoms with Gasteiger partial charge in [0.25, 0.3) is 5.91 Å². The predicted molar refractivity (Wildman–Crippen MR) is 94.0 cm³/mol. The molecule has 1 amide bonds. The molecule has 4 rings (SSSR count). The van der Waals surface area contributed by atoms with Gasteiger partial charge in [-0.3, -0.25) is 4.79 Å². The van der Waals surface area contributed by atoms with Gasteiger partial charge in [0.15, 0.2) is 9.84 Å². The summed E-state index contributed by atoms with van der Waals surface area (Å²) in [6.45, 7) is 0.425. The lowest BCUT2D eigenvalue weighted by Crippen LogP contribution is -2.30. The van der Waals surface area contributed by atoms with E-state index >= 15 is 0 Å². The first kappa shape index (κ1) is 15.7. The van der Waals surface area contributed by atoms with Crippen molar-refractivity contribution in [1.82, 2.24) is 10.3 Å². The fourth-order valence-corrected chi connectivity index (χ4v) is 5.85. The molecule has 1 aliphatic carbocycles. The maximum atomic E-state index is 12.6. The SMILES string of the molecule is O=C(NC[C@H]1CCS(=O)(=O)C1)c1cccc2c3c([nH]c12)CCCC3. The zero-order valence-corrected chi connectivity index (χ0v) is 14.4. The molecule has 1 aromatic carbocycles. The van der Waals surface area contributed by atoms with Gasteiger partial charge in [0.05, 0.1) is 22.6 Å². The molecule has 1 saturated heterocycles. The third kappa shape index (κ3) is 2.83. The number of carbonyl (C=O) groups is 1. The van der Waals surface area contributed by atoms with E-state index < -0.39 is 9.84 Å². The van der Waals surface area contributed by atoms with E-state index in [9.17, 15) is 13.2 Å². The molecule has 1 atom stereocenters. The molecule has 2 N–H and O–H groups in total. The molecule has 0 bridgehead atoms. The van der Waals surface area contributed by atoms with Crippen molar-refractivity contribution in [3.05, 3.63) is 35.0 Å². The zero-order chi connectivity index (χ0) is 16.7. The molecule has 0 spiro atoms. The summed E-state index contributed by atoms with van der Waals surface area (Å²) >= 11 is 0. The van der Waals surface area contributed by atoms with Gasteiger partial charge in [0, 0.05) is 17.6 Å². The van der Waals surface area contributed by atoms with E-state index in [0.717, 1.165) is 23.7 Å². The third-order valence-corrected chi connectivity index (χ3v) is 7.09. The molecule has 1 aliphatic heterocycles. The third-order valence-electron chi connectivity index (χ3n) is 5.26. The Hall–Kier alpha value is -1.82. The maximum Gasteiger partial charge on any atom is 0.253 e. The van der Waals surface area contributed by atoms with Gasteiger partial charge in [0.1, 0.15) is 0 Å². The minimum Gasteiger partial charge on any atom is -0.358 e. The molecule has 2 aromatic rings. The predicted octanol–water partition coefficient (Wildman–Crippen LogP) is 2.21. The number of sulfone groups is 1. The van der Waals surface area contributed by atoms with Gasteiger partial charge >= 0.3 is 0 Å². The highest BCUT2D eigenvalue weighted by Crippen LogP contribution is 2.30. The summed E-state index contributed by atoms with van der Waals surface area (Å²) in [4.78, 5) is 16.1. The van der Waals surface area contributed by atoms with Crippen molar-refractivity contribution in [3.63, 3.8) is 0 Å². The van der Waals surface area contributed by atoms with E-state index in [4.69, 9.17) is 0 Å². The van der Waals surface area contributed by atoms with Crippen LogP contribution in [0.3, 0.4) is 0 Å². The topological polar surface area (TPSA) is 79.0 Å². The summed E-state index contributed by atoms with van der Waals surface area (Å²) in [6, 6.07) is 5.85. The van der Waals surface area contributed by atoms with E-state index in [1.165, 1.54) is 24.1 Å². The first-order valence-electron chi connectivity index (χ1n) is 8.64. The smallest absolute Gasteiger partial charge is 0.253 e. The number of fused-ring (bicyclic) bond motifs is 3. The molecule has 128 valence electrons. The summed E-state index contributed by atoms with van der Waals surface area (Å²) in [5, 5.41) is 4.08. The number of hydrogen-bond donors (Lipinski definition) is 2. The van der Waals surface area contributed by atoms with Crippen LogP contribution >= 0.6 is 0 Å². The van der Waals surface area contributed by atoms with Crippen molar-refractivity contribution in [2.24, 2.45) is 5.92 Å². The quantitative estimate of drug-likeness (QED) is 0.894. The fraction of sp³-hybridized carbons (Fsp3) is 0.500. The fourth-order valence-electron chi connectivity index (χ4n) is 3.98. The molecule has 2 aliphatic rings. The minimum atomic E-state index is -2.90. The number of nitrogens with one attached hydrogen (secondary N) is 2. The van der Waals surface area contributed by atoms with E-state index in [-0.39, 0.29) is 23.3 Å². The Morgan fingerprint density at radius 1 is 1.25 bits per heavy atom. The van der Waals surface area contributed by atoms with Crippen LogP contribution in [-0.4, -0.2) is 37.4 Å². The highest BCUT2D eigenvalue weighted by molar-refractivity contribution is 7.91. The van der Waals surface area contributed by atoms with Crippen LogP contribution in [0, 0.1) is 5.92 Å². The number of amides is 1. The Labute approximate surface area is 141 Å². The van der Waals surface area contributed by atoms with Crippen LogP contribution in [0.25, 0.3) is 10.9 Å². The van der Waals surface area contributed by atoms with E-state index in [1.54, 1.807) is 0 Å². The van der Waals surface area contributed by atoms with E-state index in [0.29, 0.717) is 18.5 Å². The zero-order valence-electron chi connectivity index (χ0n) is 13.6. The molecule has 5 nitrogen and oxygen atoms in total. The number of aryl methyl sites for hydroxylation is 2. The van der Waals surface area contributed by atoms with Gasteiger partial charge in [-0.05, 0) is 49.7 Å². The largest absolute Gasteiger partial charge is 0.358 e. The van der Waals surface area contributed by atoms with Crippen LogP contribution in [0.15, 0.2) is 18.2 Å². The van der Waals surface area contributed by atoms with Crippen molar-refractivity contribution in [2.45, 2.75) is 32.1 Å². The molecule has 6 heteroatoms.